The molecule has 0 aromatic rings. The van der Waals surface area contributed by atoms with E-state index in [1.807, 2.05) is 0 Å². The predicted octanol–water partition coefficient (Wildman–Crippen LogP) is 7.10. The van der Waals surface area contributed by atoms with Gasteiger partial charge in [-0.3, -0.25) is 14.4 Å². The number of aldehydes is 1. The first-order valence-electron chi connectivity index (χ1n) is 9.92. The van der Waals surface area contributed by atoms with Gasteiger partial charge in [0.2, 0.25) is 6.29 Å². The first kappa shape index (κ1) is 45.8. The summed E-state index contributed by atoms with van der Waals surface area (Å²) in [5.41, 5.74) is 0. The molecule has 1 aliphatic rings. The number of carbonyl (C=O) groups excluding carboxylic acids is 3. The van der Waals surface area contributed by atoms with Gasteiger partial charge in [-0.2, -0.15) is 27.0 Å². The maximum atomic E-state index is 10.6. The SMILES string of the molecule is C=CCCCC(=O)OC.COC(=O)CCCC1CC1.ClCCl.O=CC(F)(F)F.[CH2-]C.[CH2-]C.[Zn+2]. The van der Waals surface area contributed by atoms with Gasteiger partial charge in [0.05, 0.1) is 19.6 Å². The molecule has 0 aromatic heterocycles. The van der Waals surface area contributed by atoms with Crippen LogP contribution in [0.1, 0.15) is 65.2 Å². The third-order valence-corrected chi connectivity index (χ3v) is 3.07. The molecule has 0 radical (unpaired) electrons. The predicted molar refractivity (Wildman–Crippen MR) is 125 cm³/mol. The summed E-state index contributed by atoms with van der Waals surface area (Å²) in [6.45, 7) is 13.5. The fourth-order valence-corrected chi connectivity index (χ4v) is 1.54. The first-order chi connectivity index (χ1) is 15.1. The molecule has 33 heavy (non-hydrogen) atoms. The van der Waals surface area contributed by atoms with Crippen molar-refractivity contribution < 1.29 is 56.5 Å². The standard InChI is InChI=1S/C8H14O2.C7H12O2.C2HF3O.2C2H5.CH2Cl2.Zn/c1-10-8(9)4-2-3-7-5-6-7;1-3-4-5-6-7(8)9-2;3-2(4,5)1-6;2*1-2;2-1-3;/h7H,2-6H2,1H3;3H,1,4-6H2,2H3;1H;2*1H2,2H3;1H2;/q;;;2*-1;;+2. The van der Waals surface area contributed by atoms with Crippen molar-refractivity contribution in [1.82, 2.24) is 0 Å². The van der Waals surface area contributed by atoms with Crippen molar-refractivity contribution in [3.8, 4) is 0 Å². The summed E-state index contributed by atoms with van der Waals surface area (Å²) in [6, 6.07) is 0. The van der Waals surface area contributed by atoms with Crippen LogP contribution >= 0.6 is 23.2 Å². The van der Waals surface area contributed by atoms with Crippen molar-refractivity contribution in [2.24, 2.45) is 5.92 Å². The van der Waals surface area contributed by atoms with Gasteiger partial charge < -0.3 is 23.3 Å². The van der Waals surface area contributed by atoms with Crippen LogP contribution in [0.15, 0.2) is 12.7 Å². The van der Waals surface area contributed by atoms with Crippen molar-refractivity contribution >= 4 is 41.4 Å². The zero-order chi connectivity index (χ0) is 26.4. The van der Waals surface area contributed by atoms with Gasteiger partial charge in [-0.1, -0.05) is 18.9 Å². The average molecular weight is 577 g/mol. The minimum Gasteiger partial charge on any atom is -0.469 e. The Kier molecular flexibility index (Phi) is 53.6. The van der Waals surface area contributed by atoms with Gasteiger partial charge in [-0.15, -0.1) is 29.8 Å². The van der Waals surface area contributed by atoms with E-state index in [1.165, 1.54) is 33.5 Å². The normalized spacial score (nSPS) is 10.4. The van der Waals surface area contributed by atoms with E-state index in [-0.39, 0.29) is 36.8 Å². The van der Waals surface area contributed by atoms with Crippen molar-refractivity contribution in [2.45, 2.75) is 71.4 Å². The minimum absolute atomic E-state index is 0. The van der Waals surface area contributed by atoms with Crippen LogP contribution in [0.4, 0.5) is 13.2 Å². The molecule has 0 amide bonds. The van der Waals surface area contributed by atoms with Gasteiger partial charge in [0.1, 0.15) is 0 Å². The average Bonchev–Trinajstić information content (AvgIpc) is 3.62. The molecule has 0 bridgehead atoms. The summed E-state index contributed by atoms with van der Waals surface area (Å²) in [6.07, 6.45) is 3.91. The molecule has 0 spiro atoms. The van der Waals surface area contributed by atoms with E-state index in [2.05, 4.69) is 29.9 Å². The second-order valence-electron chi connectivity index (χ2n) is 5.43. The maximum Gasteiger partial charge on any atom is 2.00 e. The molecule has 11 heteroatoms. The van der Waals surface area contributed by atoms with Crippen LogP contribution in [0.2, 0.25) is 0 Å². The molecule has 5 nitrogen and oxygen atoms in total. The molecule has 194 valence electrons. The fraction of sp³-hybridized carbons (Fsp3) is 0.682. The molecular weight excluding hydrogens is 538 g/mol. The van der Waals surface area contributed by atoms with Gasteiger partial charge in [0.25, 0.3) is 0 Å². The Bertz CT molecular complexity index is 423. The number of hydrogen-bond donors (Lipinski definition) is 0. The number of alkyl halides is 5. The number of carbonyl (C=O) groups is 3. The quantitative estimate of drug-likeness (QED) is 0.0586. The van der Waals surface area contributed by atoms with Crippen molar-refractivity contribution in [2.75, 3.05) is 19.6 Å². The molecule has 0 N–H and O–H groups in total. The number of hydrogen-bond acceptors (Lipinski definition) is 5. The summed E-state index contributed by atoms with van der Waals surface area (Å²) in [5.74, 6) is 0.724. The smallest absolute Gasteiger partial charge is 0.469 e. The number of unbranched alkanes of at least 4 members (excludes halogenated alkanes) is 1. The molecule has 1 aliphatic carbocycles. The second-order valence-corrected chi connectivity index (χ2v) is 6.24. The van der Waals surface area contributed by atoms with Crippen LogP contribution in [-0.4, -0.2) is 44.0 Å². The Labute approximate surface area is 220 Å². The van der Waals surface area contributed by atoms with E-state index in [0.717, 1.165) is 25.2 Å². The maximum absolute atomic E-state index is 10.6. The molecule has 0 atom stereocenters. The summed E-state index contributed by atoms with van der Waals surface area (Å²) in [7, 11) is 2.84. The van der Waals surface area contributed by atoms with Crippen LogP contribution in [0.25, 0.3) is 0 Å². The molecule has 0 aromatic carbocycles. The van der Waals surface area contributed by atoms with Gasteiger partial charge in [-0.05, 0) is 31.6 Å². The Morgan fingerprint density at radius 2 is 1.33 bits per heavy atom. The van der Waals surface area contributed by atoms with E-state index in [9.17, 15) is 22.8 Å². The zero-order valence-electron chi connectivity index (χ0n) is 20.4. The fourth-order valence-electron chi connectivity index (χ4n) is 1.54. The molecule has 0 saturated heterocycles. The molecule has 0 aliphatic heterocycles. The Morgan fingerprint density at radius 3 is 1.58 bits per heavy atom. The first-order valence-corrected chi connectivity index (χ1v) is 11.0. The van der Waals surface area contributed by atoms with Gasteiger partial charge in [0.15, 0.2) is 0 Å². The van der Waals surface area contributed by atoms with Crippen LogP contribution in [0.3, 0.4) is 0 Å². The summed E-state index contributed by atoms with van der Waals surface area (Å²) in [4.78, 5) is 29.7. The van der Waals surface area contributed by atoms with Gasteiger partial charge >= 0.3 is 37.6 Å². The largest absolute Gasteiger partial charge is 2.00 e. The Hall–Kier alpha value is -0.657. The number of halogens is 5. The van der Waals surface area contributed by atoms with Gasteiger partial charge in [-0.25, -0.2) is 0 Å². The van der Waals surface area contributed by atoms with Crippen molar-refractivity contribution in [1.29, 1.82) is 0 Å². The zero-order valence-corrected chi connectivity index (χ0v) is 24.8. The van der Waals surface area contributed by atoms with E-state index in [1.54, 1.807) is 19.9 Å². The monoisotopic (exact) mass is 574 g/mol. The number of esters is 2. The molecule has 1 rings (SSSR count). The van der Waals surface area contributed by atoms with Crippen LogP contribution < -0.4 is 0 Å². The second kappa shape index (κ2) is 38.6. The summed E-state index contributed by atoms with van der Waals surface area (Å²) >= 11 is 9.53. The van der Waals surface area contributed by atoms with E-state index < -0.39 is 12.5 Å². The molecule has 1 fully saturated rings. The van der Waals surface area contributed by atoms with E-state index in [0.29, 0.717) is 12.8 Å². The van der Waals surface area contributed by atoms with Crippen molar-refractivity contribution in [3.63, 3.8) is 0 Å². The van der Waals surface area contributed by atoms with Crippen LogP contribution in [0, 0.1) is 19.8 Å². The number of rotatable bonds is 8. The topological polar surface area (TPSA) is 69.7 Å². The third kappa shape index (κ3) is 65.2. The molecule has 0 heterocycles. The summed E-state index contributed by atoms with van der Waals surface area (Å²) in [5, 5.41) is 0.194. The number of ether oxygens (including phenoxy) is 2. The molecule has 1 saturated carbocycles. The summed E-state index contributed by atoms with van der Waals surface area (Å²) < 4.78 is 40.2. The number of allylic oxidation sites excluding steroid dienone is 1. The Balaban J connectivity index is -0.0000000732. The van der Waals surface area contributed by atoms with E-state index >= 15 is 0 Å². The van der Waals surface area contributed by atoms with E-state index in [4.69, 9.17) is 28.0 Å². The van der Waals surface area contributed by atoms with Crippen LogP contribution in [-0.2, 0) is 43.3 Å². The number of methoxy groups -OCH3 is 2. The Morgan fingerprint density at radius 1 is 1.00 bits per heavy atom. The molecule has 0 unspecified atom stereocenters. The van der Waals surface area contributed by atoms with Gasteiger partial charge in [0, 0.05) is 12.8 Å². The van der Waals surface area contributed by atoms with Crippen LogP contribution in [0.5, 0.6) is 0 Å². The van der Waals surface area contributed by atoms with Crippen molar-refractivity contribution in [3.05, 3.63) is 26.5 Å². The minimum atomic E-state index is -4.64. The third-order valence-electron chi connectivity index (χ3n) is 3.07. The molecular formula is C22H39Cl2F3O5Zn.